The Balaban J connectivity index is 0.959. The third kappa shape index (κ3) is 5.65. The molecule has 0 bridgehead atoms. The Morgan fingerprint density at radius 2 is 0.774 bits per heavy atom. The summed E-state index contributed by atoms with van der Waals surface area (Å²) >= 11 is 0. The van der Waals surface area contributed by atoms with Gasteiger partial charge in [-0.15, -0.1) is 0 Å². The average Bonchev–Trinajstić information content (AvgIpc) is 3.24. The first-order chi connectivity index (χ1) is 26.2. The standard InChI is InChI=1S/C50H32N2O/c1-3-10-33(11-4-1)34-22-28-38(29-23-34)45-32-46(52-50(51-45)41-12-5-2-6-13-41)39-30-24-36(25-31-39)35-20-26-37(27-21-35)42-16-9-18-44-43-17-7-14-40-15-8-19-47(48(40)43)53-49(42)44/h1-32H. The summed E-state index contributed by atoms with van der Waals surface area (Å²) < 4.78 is 6.59. The lowest BCUT2D eigenvalue weighted by molar-refractivity contribution is 0.489. The molecule has 0 aliphatic carbocycles. The van der Waals surface area contributed by atoms with E-state index in [1.54, 1.807) is 0 Å². The molecule has 248 valence electrons. The Morgan fingerprint density at radius 1 is 0.321 bits per heavy atom. The van der Waals surface area contributed by atoms with Crippen LogP contribution in [-0.4, -0.2) is 9.97 Å². The second-order valence-corrected chi connectivity index (χ2v) is 13.4. The van der Waals surface area contributed by atoms with Gasteiger partial charge in [0.05, 0.1) is 11.4 Å². The molecule has 0 fully saturated rings. The van der Waals surface area contributed by atoms with Crippen LogP contribution in [0.25, 0.3) is 89.2 Å². The highest BCUT2D eigenvalue weighted by molar-refractivity contribution is 6.05. The molecule has 53 heavy (non-hydrogen) atoms. The highest BCUT2D eigenvalue weighted by atomic mass is 16.5. The molecular formula is C50H32N2O. The zero-order valence-corrected chi connectivity index (χ0v) is 28.8. The van der Waals surface area contributed by atoms with Gasteiger partial charge in [0, 0.05) is 33.2 Å². The summed E-state index contributed by atoms with van der Waals surface area (Å²) in [6.07, 6.45) is 0. The third-order valence-electron chi connectivity index (χ3n) is 10.1. The smallest absolute Gasteiger partial charge is 0.160 e. The first-order valence-corrected chi connectivity index (χ1v) is 17.9. The van der Waals surface area contributed by atoms with Crippen molar-refractivity contribution < 1.29 is 4.74 Å². The molecule has 2 heterocycles. The molecule has 0 amide bonds. The van der Waals surface area contributed by atoms with Gasteiger partial charge in [-0.05, 0) is 50.9 Å². The van der Waals surface area contributed by atoms with Crippen LogP contribution < -0.4 is 4.74 Å². The summed E-state index contributed by atoms with van der Waals surface area (Å²) in [4.78, 5) is 10.1. The van der Waals surface area contributed by atoms with Gasteiger partial charge in [-0.25, -0.2) is 9.97 Å². The Bertz CT molecular complexity index is 2750. The average molecular weight is 677 g/mol. The molecular weight excluding hydrogens is 645 g/mol. The molecule has 0 saturated heterocycles. The molecule has 9 aromatic rings. The molecule has 0 atom stereocenters. The Kier molecular flexibility index (Phi) is 7.47. The van der Waals surface area contributed by atoms with Crippen molar-refractivity contribution >= 4 is 10.8 Å². The Hall–Kier alpha value is -7.10. The van der Waals surface area contributed by atoms with Crippen molar-refractivity contribution in [2.24, 2.45) is 0 Å². The molecule has 8 aromatic carbocycles. The van der Waals surface area contributed by atoms with Gasteiger partial charge in [-0.3, -0.25) is 0 Å². The maximum atomic E-state index is 6.59. The van der Waals surface area contributed by atoms with Crippen LogP contribution in [0, 0.1) is 0 Å². The number of rotatable bonds is 6. The maximum Gasteiger partial charge on any atom is 0.160 e. The van der Waals surface area contributed by atoms with Gasteiger partial charge in [0.1, 0.15) is 11.5 Å². The molecule has 0 saturated carbocycles. The molecule has 0 radical (unpaired) electrons. The predicted octanol–water partition coefficient (Wildman–Crippen LogP) is 13.4. The van der Waals surface area contributed by atoms with Crippen molar-refractivity contribution in [2.45, 2.75) is 0 Å². The Labute approximate surface area is 308 Å². The molecule has 1 aliphatic rings. The minimum atomic E-state index is 0.706. The largest absolute Gasteiger partial charge is 0.455 e. The van der Waals surface area contributed by atoms with E-state index >= 15 is 0 Å². The second kappa shape index (κ2) is 12.9. The molecule has 0 spiro atoms. The molecule has 1 aliphatic heterocycles. The molecule has 3 nitrogen and oxygen atoms in total. The van der Waals surface area contributed by atoms with Gasteiger partial charge in [0.15, 0.2) is 5.82 Å². The maximum absolute atomic E-state index is 6.59. The minimum absolute atomic E-state index is 0.706. The molecule has 0 unspecified atom stereocenters. The van der Waals surface area contributed by atoms with E-state index in [-0.39, 0.29) is 0 Å². The number of hydrogen-bond donors (Lipinski definition) is 0. The summed E-state index contributed by atoms with van der Waals surface area (Å²) in [5, 5.41) is 2.36. The van der Waals surface area contributed by atoms with Gasteiger partial charge in [0.2, 0.25) is 0 Å². The van der Waals surface area contributed by atoms with Crippen molar-refractivity contribution in [2.75, 3.05) is 0 Å². The van der Waals surface area contributed by atoms with Gasteiger partial charge >= 0.3 is 0 Å². The zero-order valence-electron chi connectivity index (χ0n) is 28.8. The summed E-state index contributed by atoms with van der Waals surface area (Å²) in [6, 6.07) is 67.9. The van der Waals surface area contributed by atoms with E-state index in [0.29, 0.717) is 5.82 Å². The van der Waals surface area contributed by atoms with E-state index in [2.05, 4.69) is 170 Å². The van der Waals surface area contributed by atoms with Crippen LogP contribution in [0.2, 0.25) is 0 Å². The highest BCUT2D eigenvalue weighted by Gasteiger charge is 2.22. The first kappa shape index (κ1) is 30.7. The quantitative estimate of drug-likeness (QED) is 0.176. The number of para-hydroxylation sites is 1. The van der Waals surface area contributed by atoms with Crippen molar-refractivity contribution in [3.8, 4) is 89.9 Å². The number of nitrogens with zero attached hydrogens (tertiary/aromatic N) is 2. The van der Waals surface area contributed by atoms with Crippen LogP contribution in [0.15, 0.2) is 194 Å². The van der Waals surface area contributed by atoms with Gasteiger partial charge in [-0.1, -0.05) is 182 Å². The van der Waals surface area contributed by atoms with Gasteiger partial charge < -0.3 is 4.74 Å². The fourth-order valence-corrected chi connectivity index (χ4v) is 7.41. The van der Waals surface area contributed by atoms with E-state index in [4.69, 9.17) is 14.7 Å². The lowest BCUT2D eigenvalue weighted by Crippen LogP contribution is -1.98. The van der Waals surface area contributed by atoms with Crippen LogP contribution in [0.5, 0.6) is 11.5 Å². The molecule has 10 rings (SSSR count). The number of ether oxygens (including phenoxy) is 1. The minimum Gasteiger partial charge on any atom is -0.455 e. The highest BCUT2D eigenvalue weighted by Crippen LogP contribution is 2.50. The monoisotopic (exact) mass is 676 g/mol. The van der Waals surface area contributed by atoms with E-state index in [0.717, 1.165) is 67.4 Å². The third-order valence-corrected chi connectivity index (χ3v) is 10.1. The lowest BCUT2D eigenvalue weighted by atomic mass is 9.91. The number of fused-ring (bicyclic) bond motifs is 2. The Morgan fingerprint density at radius 3 is 1.38 bits per heavy atom. The van der Waals surface area contributed by atoms with E-state index in [1.165, 1.54) is 27.5 Å². The van der Waals surface area contributed by atoms with Crippen molar-refractivity contribution in [1.82, 2.24) is 9.97 Å². The zero-order chi connectivity index (χ0) is 35.1. The normalized spacial score (nSPS) is 11.5. The topological polar surface area (TPSA) is 35.0 Å². The number of benzene rings is 8. The van der Waals surface area contributed by atoms with Crippen molar-refractivity contribution in [3.05, 3.63) is 194 Å². The van der Waals surface area contributed by atoms with Crippen LogP contribution in [-0.2, 0) is 0 Å². The van der Waals surface area contributed by atoms with Crippen molar-refractivity contribution in [1.29, 1.82) is 0 Å². The van der Waals surface area contributed by atoms with Gasteiger partial charge in [0.25, 0.3) is 0 Å². The summed E-state index contributed by atoms with van der Waals surface area (Å²) in [5.74, 6) is 2.52. The summed E-state index contributed by atoms with van der Waals surface area (Å²) in [5.41, 5.74) is 14.0. The van der Waals surface area contributed by atoms with Crippen LogP contribution in [0.3, 0.4) is 0 Å². The fraction of sp³-hybridized carbons (Fsp3) is 0. The second-order valence-electron chi connectivity index (χ2n) is 13.4. The summed E-state index contributed by atoms with van der Waals surface area (Å²) in [7, 11) is 0. The fourth-order valence-electron chi connectivity index (χ4n) is 7.41. The predicted molar refractivity (Wildman–Crippen MR) is 218 cm³/mol. The van der Waals surface area contributed by atoms with E-state index < -0.39 is 0 Å². The van der Waals surface area contributed by atoms with Crippen LogP contribution in [0.4, 0.5) is 0 Å². The molecule has 0 N–H and O–H groups in total. The van der Waals surface area contributed by atoms with Crippen molar-refractivity contribution in [3.63, 3.8) is 0 Å². The van der Waals surface area contributed by atoms with Crippen LogP contribution >= 0.6 is 0 Å². The van der Waals surface area contributed by atoms with Gasteiger partial charge in [-0.2, -0.15) is 0 Å². The first-order valence-electron chi connectivity index (χ1n) is 17.9. The van der Waals surface area contributed by atoms with Crippen LogP contribution in [0.1, 0.15) is 0 Å². The SMILES string of the molecule is c1ccc(-c2ccc(-c3cc(-c4ccc(-c5ccc(-c6cccc7c6Oc6cccc8cccc-7c68)cc5)cc4)nc(-c4ccccc4)n3)cc2)cc1. The summed E-state index contributed by atoms with van der Waals surface area (Å²) in [6.45, 7) is 0. The number of aromatic nitrogens is 2. The molecule has 3 heteroatoms. The number of hydrogen-bond acceptors (Lipinski definition) is 3. The van der Waals surface area contributed by atoms with E-state index in [9.17, 15) is 0 Å². The van der Waals surface area contributed by atoms with E-state index in [1.807, 2.05) is 24.3 Å². The molecule has 1 aromatic heterocycles. The lowest BCUT2D eigenvalue weighted by Gasteiger charge is -2.23.